The van der Waals surface area contributed by atoms with E-state index in [9.17, 15) is 4.79 Å². The van der Waals surface area contributed by atoms with Crippen LogP contribution in [-0.4, -0.2) is 16.1 Å². The van der Waals surface area contributed by atoms with E-state index in [0.717, 1.165) is 26.9 Å². The van der Waals surface area contributed by atoms with Gasteiger partial charge in [-0.15, -0.1) is 0 Å². The summed E-state index contributed by atoms with van der Waals surface area (Å²) < 4.78 is 1.03. The maximum Gasteiger partial charge on any atom is 0.226 e. The predicted octanol–water partition coefficient (Wildman–Crippen LogP) is 4.31. The molecule has 3 aromatic rings. The number of aromatic nitrogens is 2. The smallest absolute Gasteiger partial charge is 0.226 e. The molecular weight excluding hydrogens is 354 g/mol. The zero-order valence-corrected chi connectivity index (χ0v) is 13.8. The second kappa shape index (κ2) is 5.66. The summed E-state index contributed by atoms with van der Waals surface area (Å²) in [6.45, 7) is 0. The van der Waals surface area contributed by atoms with Crippen molar-refractivity contribution in [3.05, 3.63) is 70.2 Å². The van der Waals surface area contributed by atoms with Gasteiger partial charge < -0.3 is 5.32 Å². The third-order valence-electron chi connectivity index (χ3n) is 4.13. The lowest BCUT2D eigenvalue weighted by Crippen LogP contribution is -2.23. The van der Waals surface area contributed by atoms with Gasteiger partial charge in [0.25, 0.3) is 0 Å². The topological polar surface area (TPSA) is 57.8 Å². The Kier molecular flexibility index (Phi) is 3.50. The molecule has 2 N–H and O–H groups in total. The summed E-state index contributed by atoms with van der Waals surface area (Å²) >= 11 is 3.46. The van der Waals surface area contributed by atoms with Crippen LogP contribution in [0.25, 0.3) is 11.3 Å². The summed E-state index contributed by atoms with van der Waals surface area (Å²) in [5.41, 5.74) is 4.20. The molecule has 0 fully saturated rings. The molecule has 0 saturated heterocycles. The minimum Gasteiger partial charge on any atom is -0.309 e. The van der Waals surface area contributed by atoms with E-state index in [2.05, 4.69) is 43.6 Å². The molecule has 0 radical (unpaired) electrons. The molecule has 0 aliphatic carbocycles. The van der Waals surface area contributed by atoms with Gasteiger partial charge in [-0.05, 0) is 23.3 Å². The maximum atomic E-state index is 12.0. The number of hydrogen-bond acceptors (Lipinski definition) is 2. The van der Waals surface area contributed by atoms with Crippen molar-refractivity contribution in [2.24, 2.45) is 0 Å². The zero-order chi connectivity index (χ0) is 15.8. The van der Waals surface area contributed by atoms with Crippen molar-refractivity contribution >= 4 is 27.7 Å². The molecule has 1 amide bonds. The number of anilines is 1. The van der Waals surface area contributed by atoms with Gasteiger partial charge in [0.05, 0.1) is 5.69 Å². The molecule has 0 bridgehead atoms. The number of halogens is 1. The van der Waals surface area contributed by atoms with Gasteiger partial charge in [0, 0.05) is 22.4 Å². The average Bonchev–Trinajstić information content (AvgIpc) is 2.99. The van der Waals surface area contributed by atoms with Crippen molar-refractivity contribution in [3.8, 4) is 11.3 Å². The van der Waals surface area contributed by atoms with Crippen molar-refractivity contribution in [2.75, 3.05) is 5.32 Å². The predicted molar refractivity (Wildman–Crippen MR) is 93.3 cm³/mol. The average molecular weight is 368 g/mol. The van der Waals surface area contributed by atoms with Crippen LogP contribution in [0.3, 0.4) is 0 Å². The van der Waals surface area contributed by atoms with E-state index in [1.807, 2.05) is 42.5 Å². The number of aromatic amines is 1. The van der Waals surface area contributed by atoms with Gasteiger partial charge in [-0.25, -0.2) is 0 Å². The Morgan fingerprint density at radius 2 is 1.78 bits per heavy atom. The monoisotopic (exact) mass is 367 g/mol. The molecule has 1 aromatic heterocycles. The standard InChI is InChI=1S/C18H14BrN3O/c19-13-8-6-11(7-9-13)14-10-15(23)20-18-16(14)17(21-22-18)12-4-2-1-3-5-12/h1-9,14H,10H2,(H2,20,21,22,23)/t14-/m0/s1. The first kappa shape index (κ1) is 14.2. The van der Waals surface area contributed by atoms with Gasteiger partial charge in [0.1, 0.15) is 0 Å². The highest BCUT2D eigenvalue weighted by atomic mass is 79.9. The van der Waals surface area contributed by atoms with Crippen LogP contribution < -0.4 is 5.32 Å². The summed E-state index contributed by atoms with van der Waals surface area (Å²) in [5.74, 6) is 0.630. The molecule has 0 saturated carbocycles. The van der Waals surface area contributed by atoms with Crippen LogP contribution in [0.4, 0.5) is 5.82 Å². The Hall–Kier alpha value is -2.40. The highest BCUT2D eigenvalue weighted by Crippen LogP contribution is 2.41. The third-order valence-corrected chi connectivity index (χ3v) is 4.66. The van der Waals surface area contributed by atoms with E-state index in [-0.39, 0.29) is 11.8 Å². The van der Waals surface area contributed by atoms with Gasteiger partial charge >= 0.3 is 0 Å². The van der Waals surface area contributed by atoms with Crippen molar-refractivity contribution in [2.45, 2.75) is 12.3 Å². The molecule has 2 aromatic carbocycles. The Balaban J connectivity index is 1.86. The molecule has 1 aliphatic rings. The zero-order valence-electron chi connectivity index (χ0n) is 12.2. The van der Waals surface area contributed by atoms with Gasteiger partial charge in [-0.1, -0.05) is 58.4 Å². The molecule has 23 heavy (non-hydrogen) atoms. The lowest BCUT2D eigenvalue weighted by atomic mass is 9.84. The van der Waals surface area contributed by atoms with Crippen LogP contribution in [0.15, 0.2) is 59.1 Å². The van der Waals surface area contributed by atoms with Crippen LogP contribution in [-0.2, 0) is 4.79 Å². The van der Waals surface area contributed by atoms with E-state index in [4.69, 9.17) is 0 Å². The number of fused-ring (bicyclic) bond motifs is 1. The van der Waals surface area contributed by atoms with Gasteiger partial charge in [-0.3, -0.25) is 9.89 Å². The van der Waals surface area contributed by atoms with Crippen molar-refractivity contribution < 1.29 is 4.79 Å². The minimum absolute atomic E-state index is 0.000746. The largest absolute Gasteiger partial charge is 0.309 e. The fourth-order valence-electron chi connectivity index (χ4n) is 3.06. The lowest BCUT2D eigenvalue weighted by molar-refractivity contribution is -0.116. The first-order chi connectivity index (χ1) is 11.2. The SMILES string of the molecule is O=C1C[C@@H](c2ccc(Br)cc2)c2c(n[nH]c2-c2ccccc2)N1. The Bertz CT molecular complexity index is 856. The molecule has 114 valence electrons. The molecule has 1 atom stereocenters. The van der Waals surface area contributed by atoms with Gasteiger partial charge in [0.2, 0.25) is 5.91 Å². The molecule has 4 nitrogen and oxygen atoms in total. The van der Waals surface area contributed by atoms with Crippen molar-refractivity contribution in [1.82, 2.24) is 10.2 Å². The molecule has 4 rings (SSSR count). The van der Waals surface area contributed by atoms with Crippen molar-refractivity contribution in [1.29, 1.82) is 0 Å². The second-order valence-corrected chi connectivity index (χ2v) is 6.50. The normalized spacial score (nSPS) is 16.7. The fourth-order valence-corrected chi connectivity index (χ4v) is 3.32. The highest BCUT2D eigenvalue weighted by molar-refractivity contribution is 9.10. The molecule has 2 heterocycles. The molecule has 5 heteroatoms. The highest BCUT2D eigenvalue weighted by Gasteiger charge is 2.31. The summed E-state index contributed by atoms with van der Waals surface area (Å²) in [4.78, 5) is 12.0. The number of carbonyl (C=O) groups excluding carboxylic acids is 1. The molecule has 0 spiro atoms. The Labute approximate surface area is 142 Å². The number of nitrogens with one attached hydrogen (secondary N) is 2. The summed E-state index contributed by atoms with van der Waals surface area (Å²) in [5, 5.41) is 10.3. The number of amides is 1. The van der Waals surface area contributed by atoms with E-state index < -0.39 is 0 Å². The summed E-state index contributed by atoms with van der Waals surface area (Å²) in [6, 6.07) is 18.2. The van der Waals surface area contributed by atoms with E-state index in [1.165, 1.54) is 0 Å². The summed E-state index contributed by atoms with van der Waals surface area (Å²) in [7, 11) is 0. The Morgan fingerprint density at radius 3 is 2.52 bits per heavy atom. The fraction of sp³-hybridized carbons (Fsp3) is 0.111. The molecular formula is C18H14BrN3O. The number of hydrogen-bond donors (Lipinski definition) is 2. The van der Waals surface area contributed by atoms with Crippen LogP contribution in [0.2, 0.25) is 0 Å². The van der Waals surface area contributed by atoms with Crippen LogP contribution in [0.1, 0.15) is 23.5 Å². The number of carbonyl (C=O) groups is 1. The van der Waals surface area contributed by atoms with E-state index >= 15 is 0 Å². The maximum absolute atomic E-state index is 12.0. The number of rotatable bonds is 2. The number of nitrogens with zero attached hydrogens (tertiary/aromatic N) is 1. The second-order valence-electron chi connectivity index (χ2n) is 5.58. The Morgan fingerprint density at radius 1 is 1.04 bits per heavy atom. The van der Waals surface area contributed by atoms with Crippen molar-refractivity contribution in [3.63, 3.8) is 0 Å². The molecule has 1 aliphatic heterocycles. The van der Waals surface area contributed by atoms with E-state index in [0.29, 0.717) is 12.2 Å². The van der Waals surface area contributed by atoms with Crippen LogP contribution in [0, 0.1) is 0 Å². The minimum atomic E-state index is -0.00321. The van der Waals surface area contributed by atoms with Crippen LogP contribution in [0.5, 0.6) is 0 Å². The number of benzene rings is 2. The van der Waals surface area contributed by atoms with Crippen LogP contribution >= 0.6 is 15.9 Å². The lowest BCUT2D eigenvalue weighted by Gasteiger charge is -2.23. The third kappa shape index (κ3) is 2.57. The first-order valence-electron chi connectivity index (χ1n) is 7.41. The quantitative estimate of drug-likeness (QED) is 0.708. The van der Waals surface area contributed by atoms with Gasteiger partial charge in [0.15, 0.2) is 5.82 Å². The van der Waals surface area contributed by atoms with Gasteiger partial charge in [-0.2, -0.15) is 5.10 Å². The van der Waals surface area contributed by atoms with E-state index in [1.54, 1.807) is 0 Å². The first-order valence-corrected chi connectivity index (χ1v) is 8.20. The summed E-state index contributed by atoms with van der Waals surface area (Å²) in [6.07, 6.45) is 0.425. The number of H-pyrrole nitrogens is 1. The molecule has 0 unspecified atom stereocenters.